The lowest BCUT2D eigenvalue weighted by Crippen LogP contribution is -2.41. The lowest BCUT2D eigenvalue weighted by atomic mass is 9.77. The number of benzene rings is 1. The minimum Gasteiger partial charge on any atom is -0.494 e. The second kappa shape index (κ2) is 4.53. The lowest BCUT2D eigenvalue weighted by Gasteiger charge is -2.33. The van der Waals surface area contributed by atoms with Crippen LogP contribution in [0.2, 0.25) is 0 Å². The van der Waals surface area contributed by atoms with Crippen LogP contribution in [-0.4, -0.2) is 12.1 Å². The molecule has 0 spiro atoms. The smallest absolute Gasteiger partial charge is 0.215 e. The standard InChI is InChI=1S/C15H20N2O2/c1-10-5-4-8-15(16,9-10)14-17-13-11(18-2)6-3-7-12(13)19-14/h3,6-7,10H,4-5,8-9,16H2,1-2H3. The Morgan fingerprint density at radius 2 is 2.32 bits per heavy atom. The molecule has 102 valence electrons. The Balaban J connectivity index is 2.05. The van der Waals surface area contributed by atoms with Crippen molar-refractivity contribution >= 4 is 11.1 Å². The van der Waals surface area contributed by atoms with E-state index in [2.05, 4.69) is 11.9 Å². The highest BCUT2D eigenvalue weighted by Gasteiger charge is 2.37. The van der Waals surface area contributed by atoms with Crippen molar-refractivity contribution in [3.8, 4) is 5.75 Å². The first-order valence-corrected chi connectivity index (χ1v) is 6.85. The fourth-order valence-electron chi connectivity index (χ4n) is 3.09. The van der Waals surface area contributed by atoms with Gasteiger partial charge in [-0.05, 0) is 30.9 Å². The number of hydrogen-bond acceptors (Lipinski definition) is 4. The van der Waals surface area contributed by atoms with Crippen molar-refractivity contribution in [1.29, 1.82) is 0 Å². The summed E-state index contributed by atoms with van der Waals surface area (Å²) in [7, 11) is 1.64. The second-order valence-corrected chi connectivity index (χ2v) is 5.68. The average molecular weight is 260 g/mol. The maximum Gasteiger partial charge on any atom is 0.215 e. The quantitative estimate of drug-likeness (QED) is 0.900. The van der Waals surface area contributed by atoms with Crippen molar-refractivity contribution in [1.82, 2.24) is 4.98 Å². The summed E-state index contributed by atoms with van der Waals surface area (Å²) in [5.41, 5.74) is 7.61. The minimum atomic E-state index is -0.429. The zero-order valence-corrected chi connectivity index (χ0v) is 11.5. The topological polar surface area (TPSA) is 61.3 Å². The largest absolute Gasteiger partial charge is 0.494 e. The van der Waals surface area contributed by atoms with E-state index >= 15 is 0 Å². The van der Waals surface area contributed by atoms with E-state index in [9.17, 15) is 0 Å². The molecule has 2 aromatic rings. The minimum absolute atomic E-state index is 0.429. The van der Waals surface area contributed by atoms with Gasteiger partial charge in [0.25, 0.3) is 0 Å². The molecule has 0 amide bonds. The third-order valence-corrected chi connectivity index (χ3v) is 4.06. The highest BCUT2D eigenvalue weighted by Crippen LogP contribution is 2.39. The van der Waals surface area contributed by atoms with Crippen molar-refractivity contribution < 1.29 is 9.15 Å². The molecule has 1 aromatic heterocycles. The van der Waals surface area contributed by atoms with E-state index in [0.717, 1.165) is 36.1 Å². The second-order valence-electron chi connectivity index (χ2n) is 5.68. The first kappa shape index (κ1) is 12.5. The van der Waals surface area contributed by atoms with Gasteiger partial charge in [-0.15, -0.1) is 0 Å². The number of rotatable bonds is 2. The molecular weight excluding hydrogens is 240 g/mol. The molecule has 4 nitrogen and oxygen atoms in total. The molecule has 1 aromatic carbocycles. The number of fused-ring (bicyclic) bond motifs is 1. The van der Waals surface area contributed by atoms with Crippen LogP contribution in [0.15, 0.2) is 22.6 Å². The van der Waals surface area contributed by atoms with Gasteiger partial charge < -0.3 is 14.9 Å². The average Bonchev–Trinajstić information content (AvgIpc) is 2.83. The molecule has 0 aliphatic heterocycles. The van der Waals surface area contributed by atoms with Gasteiger partial charge in [0.1, 0.15) is 5.75 Å². The Labute approximate surface area is 112 Å². The summed E-state index contributed by atoms with van der Waals surface area (Å²) >= 11 is 0. The molecule has 1 aliphatic rings. The number of oxazole rings is 1. The van der Waals surface area contributed by atoms with Gasteiger partial charge in [0.2, 0.25) is 5.89 Å². The fourth-order valence-corrected chi connectivity index (χ4v) is 3.09. The fraction of sp³-hybridized carbons (Fsp3) is 0.533. The molecule has 1 saturated carbocycles. The van der Waals surface area contributed by atoms with Crippen LogP contribution in [0.5, 0.6) is 5.75 Å². The van der Waals surface area contributed by atoms with Crippen LogP contribution >= 0.6 is 0 Å². The molecule has 1 fully saturated rings. The number of methoxy groups -OCH3 is 1. The van der Waals surface area contributed by atoms with Gasteiger partial charge in [0.05, 0.1) is 12.6 Å². The molecule has 0 saturated heterocycles. The Kier molecular flexibility index (Phi) is 2.97. The van der Waals surface area contributed by atoms with Gasteiger partial charge in [-0.25, -0.2) is 4.98 Å². The molecule has 0 radical (unpaired) electrons. The maximum absolute atomic E-state index is 6.53. The molecule has 2 atom stereocenters. The first-order valence-electron chi connectivity index (χ1n) is 6.85. The van der Waals surface area contributed by atoms with Gasteiger partial charge in [-0.1, -0.05) is 25.8 Å². The summed E-state index contributed by atoms with van der Waals surface area (Å²) in [4.78, 5) is 4.60. The monoisotopic (exact) mass is 260 g/mol. The number of hydrogen-bond donors (Lipinski definition) is 1. The van der Waals surface area contributed by atoms with E-state index in [-0.39, 0.29) is 0 Å². The molecule has 0 bridgehead atoms. The Bertz CT molecular complexity index is 593. The van der Waals surface area contributed by atoms with E-state index in [1.807, 2.05) is 18.2 Å². The summed E-state index contributed by atoms with van der Waals surface area (Å²) in [6, 6.07) is 5.70. The van der Waals surface area contributed by atoms with Crippen LogP contribution in [0.3, 0.4) is 0 Å². The summed E-state index contributed by atoms with van der Waals surface area (Å²) < 4.78 is 11.2. The highest BCUT2D eigenvalue weighted by molar-refractivity contribution is 5.79. The number of ether oxygens (including phenoxy) is 1. The summed E-state index contributed by atoms with van der Waals surface area (Å²) in [6.45, 7) is 2.24. The van der Waals surface area contributed by atoms with Crippen LogP contribution in [0.4, 0.5) is 0 Å². The van der Waals surface area contributed by atoms with E-state index in [1.165, 1.54) is 6.42 Å². The van der Waals surface area contributed by atoms with Crippen LogP contribution in [-0.2, 0) is 5.54 Å². The van der Waals surface area contributed by atoms with Crippen LogP contribution < -0.4 is 10.5 Å². The number of para-hydroxylation sites is 1. The van der Waals surface area contributed by atoms with Crippen molar-refractivity contribution in [3.63, 3.8) is 0 Å². The van der Waals surface area contributed by atoms with Gasteiger partial charge in [-0.3, -0.25) is 0 Å². The van der Waals surface area contributed by atoms with Crippen molar-refractivity contribution in [3.05, 3.63) is 24.1 Å². The van der Waals surface area contributed by atoms with Crippen molar-refractivity contribution in [2.24, 2.45) is 11.7 Å². The highest BCUT2D eigenvalue weighted by atomic mass is 16.5. The van der Waals surface area contributed by atoms with Gasteiger partial charge >= 0.3 is 0 Å². The van der Waals surface area contributed by atoms with E-state index in [4.69, 9.17) is 14.9 Å². The third kappa shape index (κ3) is 2.10. The Hall–Kier alpha value is -1.55. The van der Waals surface area contributed by atoms with E-state index in [0.29, 0.717) is 11.8 Å². The van der Waals surface area contributed by atoms with Crippen LogP contribution in [0.25, 0.3) is 11.1 Å². The zero-order valence-electron chi connectivity index (χ0n) is 11.5. The van der Waals surface area contributed by atoms with E-state index in [1.54, 1.807) is 7.11 Å². The summed E-state index contributed by atoms with van der Waals surface area (Å²) in [5, 5.41) is 0. The Morgan fingerprint density at radius 1 is 1.47 bits per heavy atom. The first-order chi connectivity index (χ1) is 9.12. The molecular formula is C15H20N2O2. The third-order valence-electron chi connectivity index (χ3n) is 4.06. The van der Waals surface area contributed by atoms with Gasteiger partial charge in [0.15, 0.2) is 11.1 Å². The molecule has 19 heavy (non-hydrogen) atoms. The van der Waals surface area contributed by atoms with Crippen molar-refractivity contribution in [2.45, 2.75) is 38.1 Å². The molecule has 1 aliphatic carbocycles. The van der Waals surface area contributed by atoms with Crippen molar-refractivity contribution in [2.75, 3.05) is 7.11 Å². The van der Waals surface area contributed by atoms with Crippen LogP contribution in [0.1, 0.15) is 38.5 Å². The Morgan fingerprint density at radius 3 is 3.05 bits per heavy atom. The SMILES string of the molecule is COc1cccc2oc(C3(N)CCCC(C)C3)nc12. The number of nitrogens with zero attached hydrogens (tertiary/aromatic N) is 1. The maximum atomic E-state index is 6.53. The normalized spacial score (nSPS) is 27.6. The van der Waals surface area contributed by atoms with Crippen LogP contribution in [0, 0.1) is 5.92 Å². The van der Waals surface area contributed by atoms with Gasteiger partial charge in [0, 0.05) is 0 Å². The predicted molar refractivity (Wildman–Crippen MR) is 74.1 cm³/mol. The molecule has 3 rings (SSSR count). The van der Waals surface area contributed by atoms with Gasteiger partial charge in [-0.2, -0.15) is 0 Å². The predicted octanol–water partition coefficient (Wildman–Crippen LogP) is 3.20. The van der Waals surface area contributed by atoms with E-state index < -0.39 is 5.54 Å². The molecule has 2 unspecified atom stereocenters. The number of nitrogens with two attached hydrogens (primary N) is 1. The lowest BCUT2D eigenvalue weighted by molar-refractivity contribution is 0.201. The summed E-state index contributed by atoms with van der Waals surface area (Å²) in [6.07, 6.45) is 4.24. The summed E-state index contributed by atoms with van der Waals surface area (Å²) in [5.74, 6) is 2.01. The molecule has 4 heteroatoms. The molecule has 1 heterocycles. The molecule has 2 N–H and O–H groups in total. The zero-order chi connectivity index (χ0) is 13.5. The number of aromatic nitrogens is 1.